The summed E-state index contributed by atoms with van der Waals surface area (Å²) in [6.45, 7) is 12.7. The number of hydrogen-bond acceptors (Lipinski definition) is 5. The number of halogens is 4. The number of benzene rings is 2. The Morgan fingerprint density at radius 2 is 1.68 bits per heavy atom. The van der Waals surface area contributed by atoms with Crippen LogP contribution in [0.4, 0.5) is 18.9 Å². The molecular weight excluding hydrogens is 545 g/mol. The predicted octanol–water partition coefficient (Wildman–Crippen LogP) is 8.75. The summed E-state index contributed by atoms with van der Waals surface area (Å²) in [4.78, 5) is 14.5. The highest BCUT2D eigenvalue weighted by Gasteiger charge is 2.45. The molecule has 2 aromatic rings. The molecule has 6 nitrogen and oxygen atoms in total. The van der Waals surface area contributed by atoms with Gasteiger partial charge in [0.15, 0.2) is 0 Å². The lowest BCUT2D eigenvalue weighted by Crippen LogP contribution is -2.42. The lowest BCUT2D eigenvalue weighted by Gasteiger charge is -2.34. The summed E-state index contributed by atoms with van der Waals surface area (Å²) in [7, 11) is 1.57. The molecule has 1 N–H and O–H groups in total. The second kappa shape index (κ2) is 16.3. The zero-order chi connectivity index (χ0) is 30.6. The minimum absolute atomic E-state index is 0.0350. The summed E-state index contributed by atoms with van der Waals surface area (Å²) in [6.07, 6.45) is -2.55. The SMILES string of the molecule is CC.CC(=O)O.CCCC.COc1cccc([C@H]2OCC3=NCC(C)=C(C(F)(F)F)N3c3c(Cl)cccc32)c1C. The van der Waals surface area contributed by atoms with Crippen LogP contribution in [0.2, 0.25) is 5.02 Å². The maximum absolute atomic E-state index is 14.0. The maximum atomic E-state index is 14.0. The van der Waals surface area contributed by atoms with Crippen molar-refractivity contribution in [3.05, 3.63) is 69.4 Å². The maximum Gasteiger partial charge on any atom is 0.431 e. The number of allylic oxidation sites excluding steroid dienone is 1. The fourth-order valence-electron chi connectivity index (χ4n) is 4.02. The number of carboxylic acids is 1. The van der Waals surface area contributed by atoms with E-state index in [4.69, 9.17) is 31.0 Å². The van der Waals surface area contributed by atoms with Gasteiger partial charge in [-0.15, -0.1) is 0 Å². The average molecular weight is 585 g/mol. The van der Waals surface area contributed by atoms with Gasteiger partial charge < -0.3 is 14.6 Å². The second-order valence-electron chi connectivity index (χ2n) is 8.76. The minimum atomic E-state index is -4.56. The van der Waals surface area contributed by atoms with Crippen LogP contribution >= 0.6 is 11.6 Å². The molecule has 2 heterocycles. The molecule has 0 amide bonds. The third-order valence-corrected chi connectivity index (χ3v) is 6.19. The molecule has 0 radical (unpaired) electrons. The van der Waals surface area contributed by atoms with Crippen LogP contribution in [0.25, 0.3) is 0 Å². The van der Waals surface area contributed by atoms with Gasteiger partial charge in [-0.2, -0.15) is 13.2 Å². The monoisotopic (exact) mass is 584 g/mol. The Balaban J connectivity index is 0.000000699. The number of aliphatic carboxylic acids is 1. The van der Waals surface area contributed by atoms with Crippen molar-refractivity contribution in [1.82, 2.24) is 0 Å². The van der Waals surface area contributed by atoms with Crippen molar-refractivity contribution in [1.29, 1.82) is 0 Å². The van der Waals surface area contributed by atoms with E-state index in [0.29, 0.717) is 11.3 Å². The molecule has 222 valence electrons. The number of carboxylic acid groups (broad SMARTS) is 1. The van der Waals surface area contributed by atoms with Crippen molar-refractivity contribution in [2.75, 3.05) is 25.2 Å². The molecule has 0 aliphatic carbocycles. The van der Waals surface area contributed by atoms with Gasteiger partial charge in [-0.1, -0.05) is 76.4 Å². The third-order valence-electron chi connectivity index (χ3n) is 5.88. The lowest BCUT2D eigenvalue weighted by molar-refractivity contribution is -0.134. The molecule has 0 saturated carbocycles. The van der Waals surface area contributed by atoms with Crippen LogP contribution in [-0.4, -0.2) is 43.3 Å². The normalized spacial score (nSPS) is 15.8. The van der Waals surface area contributed by atoms with Gasteiger partial charge in [-0.05, 0) is 42.7 Å². The van der Waals surface area contributed by atoms with Crippen LogP contribution in [0.5, 0.6) is 5.75 Å². The highest BCUT2D eigenvalue weighted by atomic mass is 35.5. The van der Waals surface area contributed by atoms with Crippen molar-refractivity contribution < 1.29 is 32.5 Å². The number of rotatable bonds is 3. The van der Waals surface area contributed by atoms with Gasteiger partial charge in [-0.25, -0.2) is 0 Å². The first-order valence-corrected chi connectivity index (χ1v) is 13.6. The number of fused-ring (bicyclic) bond motifs is 3. The summed E-state index contributed by atoms with van der Waals surface area (Å²) in [5.41, 5.74) is 1.81. The lowest BCUT2D eigenvalue weighted by atomic mass is 9.95. The second-order valence-corrected chi connectivity index (χ2v) is 9.16. The third kappa shape index (κ3) is 8.73. The number of hydrogen-bond donors (Lipinski definition) is 1. The van der Waals surface area contributed by atoms with E-state index < -0.39 is 23.9 Å². The fourth-order valence-corrected chi connectivity index (χ4v) is 4.28. The van der Waals surface area contributed by atoms with Crippen molar-refractivity contribution in [2.24, 2.45) is 4.99 Å². The van der Waals surface area contributed by atoms with Crippen LogP contribution < -0.4 is 9.64 Å². The quantitative estimate of drug-likeness (QED) is 0.390. The van der Waals surface area contributed by atoms with E-state index in [1.165, 1.54) is 19.8 Å². The van der Waals surface area contributed by atoms with Gasteiger partial charge in [0.1, 0.15) is 30.0 Å². The fraction of sp³-hybridized carbons (Fsp3) is 0.467. The molecule has 0 saturated heterocycles. The Kier molecular flexibility index (Phi) is 14.2. The molecular formula is C30H40ClF3N2O4. The number of nitrogens with zero attached hydrogens (tertiary/aromatic N) is 2. The summed E-state index contributed by atoms with van der Waals surface area (Å²) in [5.74, 6) is 0.0241. The molecule has 1 atom stereocenters. The summed E-state index contributed by atoms with van der Waals surface area (Å²) >= 11 is 6.48. The van der Waals surface area contributed by atoms with E-state index in [2.05, 4.69) is 18.8 Å². The van der Waals surface area contributed by atoms with Crippen LogP contribution in [0.3, 0.4) is 0 Å². The number of methoxy groups -OCH3 is 1. The first-order valence-electron chi connectivity index (χ1n) is 13.2. The highest BCUT2D eigenvalue weighted by Crippen LogP contribution is 2.47. The number of para-hydroxylation sites is 1. The van der Waals surface area contributed by atoms with E-state index in [9.17, 15) is 13.2 Å². The summed E-state index contributed by atoms with van der Waals surface area (Å²) in [5, 5.41) is 7.62. The number of ether oxygens (including phenoxy) is 2. The van der Waals surface area contributed by atoms with Crippen molar-refractivity contribution >= 4 is 29.1 Å². The number of amidine groups is 1. The van der Waals surface area contributed by atoms with E-state index in [1.54, 1.807) is 25.3 Å². The highest BCUT2D eigenvalue weighted by molar-refractivity contribution is 6.34. The standard InChI is InChI=1S/C22H20ClF3N2O2.C4H10.C2H4O2.C2H6/c1-12-10-27-18-11-30-20(14-6-5-9-17(29-3)13(14)2)15-7-4-8-16(23)19(15)28(18)21(12)22(24,25)26;1-3-4-2;1-2(3)4;1-2/h4-9,20H,10-11H2,1-3H3;3-4H2,1-2H3;1H3,(H,3,4);1-2H3/t20-;;;/m1.../s1. The molecule has 0 unspecified atom stereocenters. The Labute approximate surface area is 240 Å². The zero-order valence-electron chi connectivity index (χ0n) is 24.4. The minimum Gasteiger partial charge on any atom is -0.496 e. The van der Waals surface area contributed by atoms with Gasteiger partial charge >= 0.3 is 6.18 Å². The first kappa shape index (κ1) is 35.0. The zero-order valence-corrected chi connectivity index (χ0v) is 25.2. The molecule has 0 fully saturated rings. The molecule has 10 heteroatoms. The molecule has 0 bridgehead atoms. The Hall–Kier alpha value is -3.04. The van der Waals surface area contributed by atoms with Crippen LogP contribution in [0.15, 0.2) is 52.7 Å². The number of carbonyl (C=O) groups is 1. The van der Waals surface area contributed by atoms with Gasteiger partial charge in [0.2, 0.25) is 0 Å². The van der Waals surface area contributed by atoms with Crippen LogP contribution in [-0.2, 0) is 9.53 Å². The van der Waals surface area contributed by atoms with Crippen LogP contribution in [0, 0.1) is 6.92 Å². The van der Waals surface area contributed by atoms with Gasteiger partial charge in [0.05, 0.1) is 24.4 Å². The molecule has 0 aromatic heterocycles. The molecule has 2 aliphatic rings. The number of aliphatic imine (C=N–C) groups is 1. The topological polar surface area (TPSA) is 71.4 Å². The van der Waals surface area contributed by atoms with E-state index in [1.807, 2.05) is 39.0 Å². The molecule has 40 heavy (non-hydrogen) atoms. The van der Waals surface area contributed by atoms with Gasteiger partial charge in [0.25, 0.3) is 5.97 Å². The molecule has 2 aliphatic heterocycles. The Morgan fingerprint density at radius 1 is 1.12 bits per heavy atom. The van der Waals surface area contributed by atoms with Crippen molar-refractivity contribution in [3.63, 3.8) is 0 Å². The average Bonchev–Trinajstić information content (AvgIpc) is 3.07. The molecule has 2 aromatic carbocycles. The number of anilines is 1. The smallest absolute Gasteiger partial charge is 0.431 e. The summed E-state index contributed by atoms with van der Waals surface area (Å²) < 4.78 is 53.7. The molecule has 0 spiro atoms. The van der Waals surface area contributed by atoms with Gasteiger partial charge in [-0.3, -0.25) is 14.7 Å². The largest absolute Gasteiger partial charge is 0.496 e. The Bertz CT molecular complexity index is 1190. The van der Waals surface area contributed by atoms with Crippen molar-refractivity contribution in [3.8, 4) is 5.75 Å². The molecule has 4 rings (SSSR count). The van der Waals surface area contributed by atoms with Crippen molar-refractivity contribution in [2.45, 2.75) is 73.6 Å². The van der Waals surface area contributed by atoms with E-state index in [-0.39, 0.29) is 35.3 Å². The van der Waals surface area contributed by atoms with E-state index >= 15 is 0 Å². The number of unbranched alkanes of at least 4 members (excludes halogenated alkanes) is 1. The first-order chi connectivity index (χ1) is 18.9. The number of alkyl halides is 3. The Morgan fingerprint density at radius 3 is 2.20 bits per heavy atom. The van der Waals surface area contributed by atoms with Gasteiger partial charge in [0, 0.05) is 12.5 Å². The predicted molar refractivity (Wildman–Crippen MR) is 156 cm³/mol. The van der Waals surface area contributed by atoms with E-state index in [0.717, 1.165) is 23.0 Å². The summed E-state index contributed by atoms with van der Waals surface area (Å²) in [6, 6.07) is 10.6. The van der Waals surface area contributed by atoms with Crippen LogP contribution in [0.1, 0.15) is 77.2 Å².